The third kappa shape index (κ3) is 5.29. The van der Waals surface area contributed by atoms with E-state index in [9.17, 15) is 8.42 Å². The van der Waals surface area contributed by atoms with Gasteiger partial charge in [0.2, 0.25) is 0 Å². The van der Waals surface area contributed by atoms with E-state index in [1.165, 1.54) is 0 Å². The highest BCUT2D eigenvalue weighted by molar-refractivity contribution is 7.87. The molecule has 0 bridgehead atoms. The van der Waals surface area contributed by atoms with Crippen molar-refractivity contribution in [2.45, 2.75) is 26.7 Å². The molecule has 0 saturated heterocycles. The third-order valence-corrected chi connectivity index (χ3v) is 3.37. The van der Waals surface area contributed by atoms with Gasteiger partial charge in [-0.05, 0) is 12.8 Å². The lowest BCUT2D eigenvalue weighted by Crippen LogP contribution is -2.45. The van der Waals surface area contributed by atoms with Crippen molar-refractivity contribution >= 4 is 16.0 Å². The van der Waals surface area contributed by atoms with E-state index in [4.69, 9.17) is 10.9 Å². The number of amidine groups is 1. The summed E-state index contributed by atoms with van der Waals surface area (Å²) in [4.78, 5) is 0. The predicted molar refractivity (Wildman–Crippen MR) is 62.5 cm³/mol. The Morgan fingerprint density at radius 1 is 1.44 bits per heavy atom. The minimum Gasteiger partial charge on any atom is -0.409 e. The zero-order valence-electron chi connectivity index (χ0n) is 9.68. The fourth-order valence-corrected chi connectivity index (χ4v) is 2.44. The van der Waals surface area contributed by atoms with E-state index in [0.29, 0.717) is 25.9 Å². The summed E-state index contributed by atoms with van der Waals surface area (Å²) in [7, 11) is -3.54. The van der Waals surface area contributed by atoms with Crippen LogP contribution in [0.2, 0.25) is 0 Å². The number of hydrogen-bond donors (Lipinski definition) is 3. The molecule has 0 heterocycles. The average Bonchev–Trinajstić information content (AvgIpc) is 2.25. The molecule has 0 spiro atoms. The number of nitrogens with two attached hydrogens (primary N) is 1. The molecule has 0 radical (unpaired) electrons. The van der Waals surface area contributed by atoms with Crippen LogP contribution < -0.4 is 10.5 Å². The van der Waals surface area contributed by atoms with E-state index in [1.54, 1.807) is 0 Å². The summed E-state index contributed by atoms with van der Waals surface area (Å²) in [6.45, 7) is 4.32. The highest BCUT2D eigenvalue weighted by Gasteiger charge is 2.21. The standard InChI is InChI=1S/C8H20N4O3S/c1-3-5-10-16(14,15)12(6-4-2)7-8(9)11-13/h10,13H,3-7H2,1-2H3,(H2,9,11). The van der Waals surface area contributed by atoms with Gasteiger partial charge >= 0.3 is 0 Å². The summed E-state index contributed by atoms with van der Waals surface area (Å²) in [6, 6.07) is 0. The first kappa shape index (κ1) is 15.1. The van der Waals surface area contributed by atoms with Crippen molar-refractivity contribution in [2.24, 2.45) is 10.9 Å². The van der Waals surface area contributed by atoms with Crippen LogP contribution in [0.1, 0.15) is 26.7 Å². The van der Waals surface area contributed by atoms with E-state index in [1.807, 2.05) is 13.8 Å². The van der Waals surface area contributed by atoms with Gasteiger partial charge in [-0.1, -0.05) is 19.0 Å². The van der Waals surface area contributed by atoms with Crippen LogP contribution in [0.4, 0.5) is 0 Å². The average molecular weight is 252 g/mol. The van der Waals surface area contributed by atoms with Gasteiger partial charge in [-0.3, -0.25) is 0 Å². The Morgan fingerprint density at radius 2 is 2.06 bits per heavy atom. The molecule has 8 heteroatoms. The molecule has 0 saturated carbocycles. The Kier molecular flexibility index (Phi) is 7.02. The highest BCUT2D eigenvalue weighted by atomic mass is 32.2. The predicted octanol–water partition coefficient (Wildman–Crippen LogP) is -0.311. The molecule has 96 valence electrons. The molecule has 0 fully saturated rings. The van der Waals surface area contributed by atoms with Crippen LogP contribution in [-0.4, -0.2) is 43.4 Å². The van der Waals surface area contributed by atoms with Gasteiger partial charge in [0.15, 0.2) is 5.84 Å². The Balaban J connectivity index is 4.62. The Hall–Kier alpha value is -0.860. The Bertz CT molecular complexity index is 315. The van der Waals surface area contributed by atoms with E-state index < -0.39 is 10.2 Å². The summed E-state index contributed by atoms with van der Waals surface area (Å²) >= 11 is 0. The summed E-state index contributed by atoms with van der Waals surface area (Å²) in [5.41, 5.74) is 5.30. The fraction of sp³-hybridized carbons (Fsp3) is 0.875. The smallest absolute Gasteiger partial charge is 0.279 e. The summed E-state index contributed by atoms with van der Waals surface area (Å²) in [6.07, 6.45) is 1.37. The lowest BCUT2D eigenvalue weighted by atomic mass is 10.4. The van der Waals surface area contributed by atoms with E-state index in [2.05, 4.69) is 9.88 Å². The molecule has 0 aromatic carbocycles. The van der Waals surface area contributed by atoms with Crippen LogP contribution in [0, 0.1) is 0 Å². The molecule has 0 amide bonds. The lowest BCUT2D eigenvalue weighted by molar-refractivity contribution is 0.314. The molecule has 0 aromatic heterocycles. The molecule has 0 rings (SSSR count). The largest absolute Gasteiger partial charge is 0.409 e. The first-order chi connectivity index (χ1) is 7.47. The number of oxime groups is 1. The van der Waals surface area contributed by atoms with Gasteiger partial charge in [0.25, 0.3) is 10.2 Å². The second-order valence-corrected chi connectivity index (χ2v) is 5.08. The first-order valence-electron chi connectivity index (χ1n) is 5.19. The second kappa shape index (κ2) is 7.42. The van der Waals surface area contributed by atoms with Gasteiger partial charge in [0.1, 0.15) is 0 Å². The molecular formula is C8H20N4O3S. The first-order valence-corrected chi connectivity index (χ1v) is 6.63. The van der Waals surface area contributed by atoms with Crippen molar-refractivity contribution in [3.63, 3.8) is 0 Å². The van der Waals surface area contributed by atoms with Gasteiger partial charge in [-0.15, -0.1) is 0 Å². The molecule has 0 aromatic rings. The second-order valence-electron chi connectivity index (χ2n) is 3.32. The molecule has 4 N–H and O–H groups in total. The van der Waals surface area contributed by atoms with Crippen LogP contribution in [0.5, 0.6) is 0 Å². The molecule has 7 nitrogen and oxygen atoms in total. The van der Waals surface area contributed by atoms with Crippen LogP contribution in [-0.2, 0) is 10.2 Å². The maximum absolute atomic E-state index is 11.8. The maximum atomic E-state index is 11.8. The molecular weight excluding hydrogens is 232 g/mol. The summed E-state index contributed by atoms with van der Waals surface area (Å²) in [5, 5.41) is 11.2. The van der Waals surface area contributed by atoms with Crippen molar-refractivity contribution in [3.8, 4) is 0 Å². The van der Waals surface area contributed by atoms with Crippen molar-refractivity contribution in [3.05, 3.63) is 0 Å². The van der Waals surface area contributed by atoms with Gasteiger partial charge < -0.3 is 10.9 Å². The Labute approximate surface area is 96.5 Å². The van der Waals surface area contributed by atoms with Crippen LogP contribution >= 0.6 is 0 Å². The molecule has 0 unspecified atom stereocenters. The van der Waals surface area contributed by atoms with Crippen LogP contribution in [0.25, 0.3) is 0 Å². The Morgan fingerprint density at radius 3 is 2.50 bits per heavy atom. The number of nitrogens with zero attached hydrogens (tertiary/aromatic N) is 2. The van der Waals surface area contributed by atoms with Gasteiger partial charge in [-0.25, -0.2) is 4.72 Å². The summed E-state index contributed by atoms with van der Waals surface area (Å²) in [5.74, 6) is -0.129. The van der Waals surface area contributed by atoms with Gasteiger partial charge in [-0.2, -0.15) is 12.7 Å². The van der Waals surface area contributed by atoms with Crippen LogP contribution in [0.15, 0.2) is 5.16 Å². The monoisotopic (exact) mass is 252 g/mol. The fourth-order valence-electron chi connectivity index (χ4n) is 1.07. The van der Waals surface area contributed by atoms with E-state index in [-0.39, 0.29) is 12.4 Å². The zero-order valence-corrected chi connectivity index (χ0v) is 10.5. The third-order valence-electron chi connectivity index (χ3n) is 1.81. The van der Waals surface area contributed by atoms with Gasteiger partial charge in [0.05, 0.1) is 6.54 Å². The van der Waals surface area contributed by atoms with Crippen molar-refractivity contribution < 1.29 is 13.6 Å². The highest BCUT2D eigenvalue weighted by Crippen LogP contribution is 1.99. The van der Waals surface area contributed by atoms with Crippen molar-refractivity contribution in [2.75, 3.05) is 19.6 Å². The zero-order chi connectivity index (χ0) is 12.6. The number of hydrogen-bond acceptors (Lipinski definition) is 4. The maximum Gasteiger partial charge on any atom is 0.279 e. The number of rotatable bonds is 8. The van der Waals surface area contributed by atoms with Crippen molar-refractivity contribution in [1.29, 1.82) is 0 Å². The lowest BCUT2D eigenvalue weighted by Gasteiger charge is -2.20. The van der Waals surface area contributed by atoms with E-state index in [0.717, 1.165) is 4.31 Å². The molecule has 0 atom stereocenters. The quantitative estimate of drug-likeness (QED) is 0.238. The van der Waals surface area contributed by atoms with Crippen molar-refractivity contribution in [1.82, 2.24) is 9.03 Å². The normalized spacial score (nSPS) is 13.3. The molecule has 0 aliphatic heterocycles. The topological polar surface area (TPSA) is 108 Å². The molecule has 0 aliphatic rings. The SMILES string of the molecule is CCCNS(=O)(=O)N(CCC)CC(N)=NO. The van der Waals surface area contributed by atoms with Crippen LogP contribution in [0.3, 0.4) is 0 Å². The molecule has 16 heavy (non-hydrogen) atoms. The van der Waals surface area contributed by atoms with E-state index >= 15 is 0 Å². The summed E-state index contributed by atoms with van der Waals surface area (Å²) < 4.78 is 27.1. The minimum atomic E-state index is -3.54. The molecule has 0 aliphatic carbocycles. The van der Waals surface area contributed by atoms with Gasteiger partial charge in [0, 0.05) is 13.1 Å². The minimum absolute atomic E-state index is 0.108. The number of nitrogens with one attached hydrogen (secondary N) is 1.